The minimum absolute atomic E-state index is 0.457. The smallest absolute Gasteiger partial charge is 0.249 e. The molecule has 7 heteroatoms. The number of hydrogen-bond acceptors (Lipinski definition) is 7. The van der Waals surface area contributed by atoms with Gasteiger partial charge in [-0.2, -0.15) is 10.1 Å². The van der Waals surface area contributed by atoms with Gasteiger partial charge in [0, 0.05) is 18.8 Å². The van der Waals surface area contributed by atoms with E-state index in [1.165, 1.54) is 0 Å². The van der Waals surface area contributed by atoms with Crippen molar-refractivity contribution in [2.24, 2.45) is 0 Å². The van der Waals surface area contributed by atoms with E-state index >= 15 is 0 Å². The van der Waals surface area contributed by atoms with Crippen LogP contribution in [0.3, 0.4) is 0 Å². The predicted molar refractivity (Wildman–Crippen MR) is 107 cm³/mol. The van der Waals surface area contributed by atoms with Crippen LogP contribution < -0.4 is 15.5 Å². The van der Waals surface area contributed by atoms with Crippen molar-refractivity contribution < 1.29 is 4.74 Å². The maximum absolute atomic E-state index is 5.46. The molecule has 7 nitrogen and oxygen atoms in total. The fourth-order valence-electron chi connectivity index (χ4n) is 3.05. The molecule has 2 N–H and O–H groups in total. The lowest BCUT2D eigenvalue weighted by Crippen LogP contribution is -2.36. The molecule has 0 unspecified atom stereocenters. The third kappa shape index (κ3) is 4.15. The summed E-state index contributed by atoms with van der Waals surface area (Å²) in [6, 6.07) is 16.2. The number of rotatable bonds is 5. The molecule has 0 atom stereocenters. The van der Waals surface area contributed by atoms with Crippen molar-refractivity contribution in [3.8, 4) is 0 Å². The fraction of sp³-hybridized carbons (Fsp3) is 0.250. The van der Waals surface area contributed by atoms with Crippen molar-refractivity contribution in [2.45, 2.75) is 6.92 Å². The molecule has 1 aliphatic rings. The zero-order valence-corrected chi connectivity index (χ0v) is 15.2. The van der Waals surface area contributed by atoms with Gasteiger partial charge in [0.05, 0.1) is 30.8 Å². The number of aromatic nitrogens is 3. The Balaban J connectivity index is 1.54. The Morgan fingerprint density at radius 1 is 0.926 bits per heavy atom. The normalized spacial score (nSPS) is 14.0. The Morgan fingerprint density at radius 2 is 1.67 bits per heavy atom. The first-order valence-electron chi connectivity index (χ1n) is 9.01. The van der Waals surface area contributed by atoms with Crippen LogP contribution in [0, 0.1) is 6.92 Å². The Bertz CT molecular complexity index is 910. The van der Waals surface area contributed by atoms with Gasteiger partial charge in [0.1, 0.15) is 0 Å². The number of ether oxygens (including phenoxy) is 1. The van der Waals surface area contributed by atoms with Gasteiger partial charge in [-0.05, 0) is 30.7 Å². The number of benzene rings is 2. The van der Waals surface area contributed by atoms with Crippen LogP contribution in [0.4, 0.5) is 28.8 Å². The fourth-order valence-corrected chi connectivity index (χ4v) is 3.05. The number of nitrogens with zero attached hydrogens (tertiary/aromatic N) is 4. The molecule has 1 saturated heterocycles. The van der Waals surface area contributed by atoms with Crippen LogP contribution in [0.5, 0.6) is 0 Å². The summed E-state index contributed by atoms with van der Waals surface area (Å²) in [5, 5.41) is 14.8. The molecule has 3 aromatic rings. The first kappa shape index (κ1) is 17.2. The van der Waals surface area contributed by atoms with Crippen molar-refractivity contribution >= 4 is 28.8 Å². The zero-order valence-electron chi connectivity index (χ0n) is 15.2. The van der Waals surface area contributed by atoms with E-state index in [4.69, 9.17) is 4.74 Å². The summed E-state index contributed by atoms with van der Waals surface area (Å²) in [5.74, 6) is 1.10. The highest BCUT2D eigenvalue weighted by Gasteiger charge is 2.15. The van der Waals surface area contributed by atoms with E-state index in [0.29, 0.717) is 11.8 Å². The van der Waals surface area contributed by atoms with Gasteiger partial charge in [0.25, 0.3) is 0 Å². The van der Waals surface area contributed by atoms with Crippen LogP contribution in [0.2, 0.25) is 0 Å². The van der Waals surface area contributed by atoms with Crippen LogP contribution in [-0.4, -0.2) is 41.5 Å². The topological polar surface area (TPSA) is 75.2 Å². The lowest BCUT2D eigenvalue weighted by atomic mass is 10.2. The highest BCUT2D eigenvalue weighted by molar-refractivity contribution is 5.74. The average molecular weight is 362 g/mol. The number of anilines is 5. The molecule has 1 aliphatic heterocycles. The molecule has 2 heterocycles. The Hall–Kier alpha value is -3.19. The molecule has 138 valence electrons. The zero-order chi connectivity index (χ0) is 18.5. The number of para-hydroxylation sites is 3. The highest BCUT2D eigenvalue weighted by Crippen LogP contribution is 2.29. The molecule has 27 heavy (non-hydrogen) atoms. The summed E-state index contributed by atoms with van der Waals surface area (Å²) >= 11 is 0. The summed E-state index contributed by atoms with van der Waals surface area (Å²) in [4.78, 5) is 6.86. The highest BCUT2D eigenvalue weighted by atomic mass is 16.5. The molecule has 4 rings (SSSR count). The van der Waals surface area contributed by atoms with Gasteiger partial charge in [-0.15, -0.1) is 5.10 Å². The summed E-state index contributed by atoms with van der Waals surface area (Å²) in [6.07, 6.45) is 1.62. The van der Waals surface area contributed by atoms with Crippen molar-refractivity contribution in [3.63, 3.8) is 0 Å². The number of morpholine rings is 1. The third-order valence-corrected chi connectivity index (χ3v) is 4.47. The second kappa shape index (κ2) is 8.01. The molecule has 0 radical (unpaired) electrons. The van der Waals surface area contributed by atoms with Crippen molar-refractivity contribution in [2.75, 3.05) is 41.8 Å². The second-order valence-electron chi connectivity index (χ2n) is 6.35. The Morgan fingerprint density at radius 3 is 2.48 bits per heavy atom. The molecule has 1 aromatic heterocycles. The first-order valence-corrected chi connectivity index (χ1v) is 9.01. The molecule has 0 saturated carbocycles. The summed E-state index contributed by atoms with van der Waals surface area (Å²) in [5.41, 5.74) is 4.21. The molecular weight excluding hydrogens is 340 g/mol. The number of hydrogen-bond donors (Lipinski definition) is 2. The third-order valence-electron chi connectivity index (χ3n) is 4.47. The summed E-state index contributed by atoms with van der Waals surface area (Å²) < 4.78 is 5.46. The molecule has 0 amide bonds. The maximum Gasteiger partial charge on any atom is 0.249 e. The van der Waals surface area contributed by atoms with Crippen LogP contribution in [0.15, 0.2) is 54.7 Å². The van der Waals surface area contributed by atoms with Crippen LogP contribution in [0.1, 0.15) is 5.56 Å². The van der Waals surface area contributed by atoms with Crippen LogP contribution >= 0.6 is 0 Å². The van der Waals surface area contributed by atoms with Gasteiger partial charge in [0.15, 0.2) is 5.82 Å². The van der Waals surface area contributed by atoms with E-state index in [1.807, 2.05) is 49.4 Å². The van der Waals surface area contributed by atoms with E-state index in [-0.39, 0.29) is 0 Å². The summed E-state index contributed by atoms with van der Waals surface area (Å²) in [6.45, 7) is 5.28. The van der Waals surface area contributed by atoms with Crippen molar-refractivity contribution in [1.82, 2.24) is 15.2 Å². The van der Waals surface area contributed by atoms with Gasteiger partial charge in [-0.25, -0.2) is 0 Å². The van der Waals surface area contributed by atoms with E-state index < -0.39 is 0 Å². The van der Waals surface area contributed by atoms with Crippen LogP contribution in [0.25, 0.3) is 0 Å². The standard InChI is InChI=1S/C20H22N6O/c1-15-6-2-3-7-16(15)23-20-24-19(14-21-25-20)22-17-8-4-5-9-18(17)26-10-12-27-13-11-26/h2-9,14H,10-13H2,1H3,(H2,22,23,24,25). The maximum atomic E-state index is 5.46. The van der Waals surface area contributed by atoms with Gasteiger partial charge in [-0.3, -0.25) is 0 Å². The SMILES string of the molecule is Cc1ccccc1Nc1nncc(Nc2ccccc2N2CCOCC2)n1. The molecule has 0 spiro atoms. The largest absolute Gasteiger partial charge is 0.378 e. The lowest BCUT2D eigenvalue weighted by molar-refractivity contribution is 0.123. The van der Waals surface area contributed by atoms with Gasteiger partial charge >= 0.3 is 0 Å². The quantitative estimate of drug-likeness (QED) is 0.719. The number of aryl methyl sites for hydroxylation is 1. The van der Waals surface area contributed by atoms with Gasteiger partial charge < -0.3 is 20.3 Å². The van der Waals surface area contributed by atoms with E-state index in [1.54, 1.807) is 6.20 Å². The average Bonchev–Trinajstić information content (AvgIpc) is 2.71. The molecule has 2 aromatic carbocycles. The lowest BCUT2D eigenvalue weighted by Gasteiger charge is -2.30. The number of nitrogens with one attached hydrogen (secondary N) is 2. The monoisotopic (exact) mass is 362 g/mol. The second-order valence-corrected chi connectivity index (χ2v) is 6.35. The van der Waals surface area contributed by atoms with Gasteiger partial charge in [-0.1, -0.05) is 30.3 Å². The molecular formula is C20H22N6O. The molecule has 0 bridgehead atoms. The van der Waals surface area contributed by atoms with Crippen LogP contribution in [-0.2, 0) is 4.74 Å². The van der Waals surface area contributed by atoms with E-state index in [0.717, 1.165) is 48.9 Å². The predicted octanol–water partition coefficient (Wildman–Crippen LogP) is 3.50. The van der Waals surface area contributed by atoms with Gasteiger partial charge in [0.2, 0.25) is 5.95 Å². The Kier molecular flexibility index (Phi) is 5.11. The minimum atomic E-state index is 0.457. The van der Waals surface area contributed by atoms with E-state index in [2.05, 4.69) is 36.8 Å². The van der Waals surface area contributed by atoms with Crippen molar-refractivity contribution in [3.05, 3.63) is 60.3 Å². The van der Waals surface area contributed by atoms with E-state index in [9.17, 15) is 0 Å². The first-order chi connectivity index (χ1) is 13.3. The Labute approximate surface area is 158 Å². The minimum Gasteiger partial charge on any atom is -0.378 e. The summed E-state index contributed by atoms with van der Waals surface area (Å²) in [7, 11) is 0. The van der Waals surface area contributed by atoms with Crippen molar-refractivity contribution in [1.29, 1.82) is 0 Å². The molecule has 1 fully saturated rings. The molecule has 0 aliphatic carbocycles.